The lowest BCUT2D eigenvalue weighted by Gasteiger charge is -2.24. The molecule has 1 aliphatic heterocycles. The number of thioether (sulfide) groups is 1. The number of carbonyl (C=O) groups excluding carboxylic acids is 1. The van der Waals surface area contributed by atoms with Gasteiger partial charge in [0, 0.05) is 28.8 Å². The molecule has 1 amide bonds. The predicted octanol–water partition coefficient (Wildman–Crippen LogP) is 3.66. The summed E-state index contributed by atoms with van der Waals surface area (Å²) in [7, 11) is 0. The van der Waals surface area contributed by atoms with E-state index in [2.05, 4.69) is 54.8 Å². The average Bonchev–Trinajstić information content (AvgIpc) is 2.90. The summed E-state index contributed by atoms with van der Waals surface area (Å²) in [5.74, 6) is 1.00. The number of hydrogen-bond donors (Lipinski definition) is 1. The second-order valence-electron chi connectivity index (χ2n) is 5.56. The van der Waals surface area contributed by atoms with Crippen LogP contribution in [-0.2, 0) is 4.79 Å². The van der Waals surface area contributed by atoms with Gasteiger partial charge in [0.25, 0.3) is 0 Å². The summed E-state index contributed by atoms with van der Waals surface area (Å²) in [5.41, 5.74) is 2.28. The zero-order valence-corrected chi connectivity index (χ0v) is 13.3. The Balaban J connectivity index is 2.02. The molecule has 21 heavy (non-hydrogen) atoms. The Labute approximate surface area is 128 Å². The van der Waals surface area contributed by atoms with Gasteiger partial charge in [-0.05, 0) is 37.8 Å². The van der Waals surface area contributed by atoms with Crippen molar-refractivity contribution >= 4 is 23.5 Å². The van der Waals surface area contributed by atoms with E-state index < -0.39 is 0 Å². The number of hydrogen-bond acceptors (Lipinski definition) is 3. The molecule has 1 aliphatic rings. The first-order valence-corrected chi connectivity index (χ1v) is 8.34. The lowest BCUT2D eigenvalue weighted by atomic mass is 9.87. The number of nitrogens with one attached hydrogen (secondary N) is 1. The first-order valence-electron chi connectivity index (χ1n) is 7.11. The molecular formula is C16H19N3OS. The molecule has 0 fully saturated rings. The molecule has 2 heterocycles. The zero-order chi connectivity index (χ0) is 15.0. The van der Waals surface area contributed by atoms with Crippen molar-refractivity contribution in [1.29, 1.82) is 0 Å². The number of amides is 1. The Morgan fingerprint density at radius 1 is 1.33 bits per heavy atom. The van der Waals surface area contributed by atoms with E-state index in [4.69, 9.17) is 0 Å². The highest BCUT2D eigenvalue weighted by atomic mass is 32.2. The predicted molar refractivity (Wildman–Crippen MR) is 85.9 cm³/mol. The topological polar surface area (TPSA) is 46.9 Å². The molecule has 1 N–H and O–H groups in total. The number of fused-ring (bicyclic) bond motifs is 1. The number of rotatable bonds is 3. The van der Waals surface area contributed by atoms with Crippen LogP contribution in [0.3, 0.4) is 0 Å². The molecular weight excluding hydrogens is 282 g/mol. The van der Waals surface area contributed by atoms with Crippen molar-refractivity contribution in [2.45, 2.75) is 37.1 Å². The van der Waals surface area contributed by atoms with Crippen LogP contribution in [0.1, 0.15) is 43.4 Å². The SMILES string of the molecule is CSc1ccc([C@H]2CC(=O)Nc3c2cnn3C(C)C)cc1. The minimum absolute atomic E-state index is 0.0591. The standard InChI is InChI=1S/C16H19N3OS/c1-10(2)19-16-14(9-17-19)13(8-15(20)18-16)11-4-6-12(21-3)7-5-11/h4-7,9-10,13H,8H2,1-3H3,(H,18,20)/t13-/m1/s1. The van der Waals surface area contributed by atoms with Crippen LogP contribution in [0.5, 0.6) is 0 Å². The van der Waals surface area contributed by atoms with Gasteiger partial charge in [-0.15, -0.1) is 11.8 Å². The van der Waals surface area contributed by atoms with Gasteiger partial charge in [-0.2, -0.15) is 5.10 Å². The van der Waals surface area contributed by atoms with E-state index in [1.807, 2.05) is 10.9 Å². The summed E-state index contributed by atoms with van der Waals surface area (Å²) < 4.78 is 1.88. The van der Waals surface area contributed by atoms with Crippen molar-refractivity contribution in [3.63, 3.8) is 0 Å². The molecule has 5 heteroatoms. The number of benzene rings is 1. The minimum Gasteiger partial charge on any atom is -0.311 e. The Bertz CT molecular complexity index is 661. The number of carbonyl (C=O) groups is 1. The highest BCUT2D eigenvalue weighted by Crippen LogP contribution is 2.38. The lowest BCUT2D eigenvalue weighted by Crippen LogP contribution is -2.25. The van der Waals surface area contributed by atoms with Crippen molar-refractivity contribution in [2.75, 3.05) is 11.6 Å². The second kappa shape index (κ2) is 5.56. The van der Waals surface area contributed by atoms with Crippen LogP contribution < -0.4 is 5.32 Å². The molecule has 1 aromatic carbocycles. The fourth-order valence-corrected chi connectivity index (χ4v) is 3.17. The fourth-order valence-electron chi connectivity index (χ4n) is 2.76. The van der Waals surface area contributed by atoms with Crippen molar-refractivity contribution in [2.24, 2.45) is 0 Å². The maximum atomic E-state index is 12.0. The average molecular weight is 301 g/mol. The Morgan fingerprint density at radius 3 is 2.67 bits per heavy atom. The molecule has 0 bridgehead atoms. The summed E-state index contributed by atoms with van der Waals surface area (Å²) >= 11 is 1.72. The summed E-state index contributed by atoms with van der Waals surface area (Å²) in [6.45, 7) is 4.13. The first kappa shape index (κ1) is 14.2. The van der Waals surface area contributed by atoms with Gasteiger partial charge >= 0.3 is 0 Å². The lowest BCUT2D eigenvalue weighted by molar-refractivity contribution is -0.116. The highest BCUT2D eigenvalue weighted by Gasteiger charge is 2.30. The van der Waals surface area contributed by atoms with Crippen LogP contribution >= 0.6 is 11.8 Å². The zero-order valence-electron chi connectivity index (χ0n) is 12.5. The summed E-state index contributed by atoms with van der Waals surface area (Å²) in [6.07, 6.45) is 4.44. The quantitative estimate of drug-likeness (QED) is 0.880. The van der Waals surface area contributed by atoms with Gasteiger partial charge in [0.1, 0.15) is 5.82 Å². The van der Waals surface area contributed by atoms with E-state index >= 15 is 0 Å². The number of aromatic nitrogens is 2. The van der Waals surface area contributed by atoms with Gasteiger partial charge in [-0.1, -0.05) is 12.1 Å². The van der Waals surface area contributed by atoms with E-state index in [1.165, 1.54) is 10.5 Å². The van der Waals surface area contributed by atoms with Crippen LogP contribution in [0.15, 0.2) is 35.4 Å². The Morgan fingerprint density at radius 2 is 2.05 bits per heavy atom. The van der Waals surface area contributed by atoms with Crippen molar-refractivity contribution in [1.82, 2.24) is 9.78 Å². The van der Waals surface area contributed by atoms with E-state index in [1.54, 1.807) is 11.8 Å². The Hall–Kier alpha value is -1.75. The molecule has 0 spiro atoms. The van der Waals surface area contributed by atoms with E-state index in [0.29, 0.717) is 6.42 Å². The molecule has 1 atom stereocenters. The first-order chi connectivity index (χ1) is 10.1. The molecule has 110 valence electrons. The largest absolute Gasteiger partial charge is 0.311 e. The monoisotopic (exact) mass is 301 g/mol. The fraction of sp³-hybridized carbons (Fsp3) is 0.375. The van der Waals surface area contributed by atoms with Gasteiger partial charge in [0.05, 0.1) is 6.20 Å². The molecule has 0 aliphatic carbocycles. The molecule has 1 aromatic heterocycles. The van der Waals surface area contributed by atoms with Crippen molar-refractivity contribution in [3.8, 4) is 0 Å². The molecule has 3 rings (SSSR count). The maximum absolute atomic E-state index is 12.0. The molecule has 0 saturated carbocycles. The third kappa shape index (κ3) is 2.58. The van der Waals surface area contributed by atoms with Crippen molar-refractivity contribution < 1.29 is 4.79 Å². The minimum atomic E-state index is 0.0591. The van der Waals surface area contributed by atoms with Crippen LogP contribution in [0.4, 0.5) is 5.82 Å². The third-order valence-electron chi connectivity index (χ3n) is 3.85. The van der Waals surface area contributed by atoms with Crippen LogP contribution in [0.2, 0.25) is 0 Å². The molecule has 4 nitrogen and oxygen atoms in total. The normalized spacial score (nSPS) is 17.7. The van der Waals surface area contributed by atoms with Crippen molar-refractivity contribution in [3.05, 3.63) is 41.6 Å². The van der Waals surface area contributed by atoms with E-state index in [-0.39, 0.29) is 17.9 Å². The summed E-state index contributed by atoms with van der Waals surface area (Å²) in [4.78, 5) is 13.3. The smallest absolute Gasteiger partial charge is 0.226 e. The third-order valence-corrected chi connectivity index (χ3v) is 4.60. The maximum Gasteiger partial charge on any atom is 0.226 e. The molecule has 0 radical (unpaired) electrons. The van der Waals surface area contributed by atoms with Crippen LogP contribution in [-0.4, -0.2) is 21.9 Å². The summed E-state index contributed by atoms with van der Waals surface area (Å²) in [6, 6.07) is 8.68. The van der Waals surface area contributed by atoms with Crippen LogP contribution in [0, 0.1) is 0 Å². The van der Waals surface area contributed by atoms with Gasteiger partial charge < -0.3 is 5.32 Å². The Kier molecular flexibility index (Phi) is 3.76. The highest BCUT2D eigenvalue weighted by molar-refractivity contribution is 7.98. The van der Waals surface area contributed by atoms with Gasteiger partial charge in [-0.25, -0.2) is 4.68 Å². The molecule has 2 aromatic rings. The van der Waals surface area contributed by atoms with Gasteiger partial charge in [0.2, 0.25) is 5.91 Å². The van der Waals surface area contributed by atoms with E-state index in [9.17, 15) is 4.79 Å². The van der Waals surface area contributed by atoms with Gasteiger partial charge in [-0.3, -0.25) is 4.79 Å². The van der Waals surface area contributed by atoms with Crippen LogP contribution in [0.25, 0.3) is 0 Å². The molecule has 0 saturated heterocycles. The van der Waals surface area contributed by atoms with E-state index in [0.717, 1.165) is 11.4 Å². The summed E-state index contributed by atoms with van der Waals surface area (Å²) in [5, 5.41) is 7.41. The van der Waals surface area contributed by atoms with Gasteiger partial charge in [0.15, 0.2) is 0 Å². The number of nitrogens with zero attached hydrogens (tertiary/aromatic N) is 2. The number of anilines is 1. The second-order valence-corrected chi connectivity index (χ2v) is 6.44. The molecule has 0 unspecified atom stereocenters.